The van der Waals surface area contributed by atoms with Gasteiger partial charge in [0.25, 0.3) is 11.9 Å². The van der Waals surface area contributed by atoms with Crippen molar-refractivity contribution in [2.75, 3.05) is 18.0 Å². The zero-order valence-corrected chi connectivity index (χ0v) is 20.9. The van der Waals surface area contributed by atoms with Crippen molar-refractivity contribution in [2.24, 2.45) is 0 Å². The van der Waals surface area contributed by atoms with Crippen LogP contribution < -0.4 is 10.2 Å². The lowest BCUT2D eigenvalue weighted by atomic mass is 9.90. The Labute approximate surface area is 222 Å². The van der Waals surface area contributed by atoms with Gasteiger partial charge in [0.05, 0.1) is 5.56 Å². The first-order valence-electron chi connectivity index (χ1n) is 12.6. The summed E-state index contributed by atoms with van der Waals surface area (Å²) in [7, 11) is 0. The summed E-state index contributed by atoms with van der Waals surface area (Å²) >= 11 is 0. The average Bonchev–Trinajstić information content (AvgIpc) is 3.41. The van der Waals surface area contributed by atoms with Gasteiger partial charge in [0.1, 0.15) is 0 Å². The van der Waals surface area contributed by atoms with Crippen LogP contribution in [0.3, 0.4) is 0 Å². The molecule has 2 N–H and O–H groups in total. The maximum atomic E-state index is 13.8. The first-order valence-corrected chi connectivity index (χ1v) is 12.6. The molecule has 2 heterocycles. The maximum Gasteiger partial charge on any atom is 0.437 e. The summed E-state index contributed by atoms with van der Waals surface area (Å²) in [6, 6.07) is 16.2. The van der Waals surface area contributed by atoms with E-state index in [-0.39, 0.29) is 11.6 Å². The lowest BCUT2D eigenvalue weighted by Gasteiger charge is -2.31. The number of nitrogens with zero attached hydrogens (tertiary/aromatic N) is 2. The van der Waals surface area contributed by atoms with Crippen LogP contribution in [0.4, 0.5) is 19.2 Å². The Hall–Kier alpha value is -4.34. The molecule has 10 heteroatoms. The standard InChI is InChI=1S/C29H26F3N3O4/c30-29(31,32)25-24(39-28(34-25)35-16-14-21(15-17-35)18-4-2-1-3-5-18)26(36)33-23-12-10-20(11-13-23)19-6-8-22(9-7-19)27(37)38/h1-10,12,21H,11,13-17H2,(H,33,36)(H,37,38). The number of oxazole rings is 1. The number of aromatic carboxylic acids is 1. The molecule has 0 radical (unpaired) electrons. The number of alkyl halides is 3. The highest BCUT2D eigenvalue weighted by Crippen LogP contribution is 2.36. The summed E-state index contributed by atoms with van der Waals surface area (Å²) in [6.07, 6.45) is 0.887. The van der Waals surface area contributed by atoms with E-state index in [0.29, 0.717) is 37.5 Å². The van der Waals surface area contributed by atoms with Crippen molar-refractivity contribution in [3.8, 4) is 0 Å². The van der Waals surface area contributed by atoms with E-state index in [1.54, 1.807) is 29.2 Å². The Morgan fingerprint density at radius 3 is 2.26 bits per heavy atom. The minimum absolute atomic E-state index is 0.172. The molecule has 7 nitrogen and oxygen atoms in total. The largest absolute Gasteiger partial charge is 0.478 e. The van der Waals surface area contributed by atoms with E-state index < -0.39 is 29.5 Å². The second kappa shape index (κ2) is 10.8. The normalized spacial score (nSPS) is 16.4. The van der Waals surface area contributed by atoms with Crippen molar-refractivity contribution >= 4 is 23.5 Å². The Balaban J connectivity index is 1.28. The first-order chi connectivity index (χ1) is 18.7. The number of piperidine rings is 1. The number of hydrogen-bond donors (Lipinski definition) is 2. The Morgan fingerprint density at radius 1 is 0.974 bits per heavy atom. The third-order valence-corrected chi connectivity index (χ3v) is 7.05. The minimum Gasteiger partial charge on any atom is -0.478 e. The second-order valence-electron chi connectivity index (χ2n) is 9.56. The molecule has 0 bridgehead atoms. The molecular formula is C29H26F3N3O4. The number of allylic oxidation sites excluding steroid dienone is 4. The molecule has 1 aromatic heterocycles. The Kier molecular flexibility index (Phi) is 7.28. The summed E-state index contributed by atoms with van der Waals surface area (Å²) in [5.41, 5.74) is 2.22. The van der Waals surface area contributed by atoms with E-state index in [1.807, 2.05) is 30.3 Å². The molecule has 1 aliphatic carbocycles. The van der Waals surface area contributed by atoms with Gasteiger partial charge in [-0.2, -0.15) is 18.2 Å². The molecule has 1 aliphatic heterocycles. The monoisotopic (exact) mass is 537 g/mol. The molecular weight excluding hydrogens is 511 g/mol. The number of aromatic nitrogens is 1. The summed E-state index contributed by atoms with van der Waals surface area (Å²) in [5.74, 6) is -2.58. The number of benzene rings is 2. The fourth-order valence-electron chi connectivity index (χ4n) is 4.93. The molecule has 2 aliphatic rings. The van der Waals surface area contributed by atoms with Gasteiger partial charge >= 0.3 is 12.1 Å². The van der Waals surface area contributed by atoms with E-state index in [2.05, 4.69) is 10.3 Å². The van der Waals surface area contributed by atoms with Gasteiger partial charge in [-0.25, -0.2) is 4.79 Å². The van der Waals surface area contributed by atoms with Crippen LogP contribution in [0.1, 0.15) is 69.3 Å². The van der Waals surface area contributed by atoms with Crippen LogP contribution in [0.5, 0.6) is 0 Å². The van der Waals surface area contributed by atoms with Gasteiger partial charge in [-0.05, 0) is 66.5 Å². The van der Waals surface area contributed by atoms with E-state index in [1.165, 1.54) is 17.7 Å². The molecule has 3 aromatic rings. The number of carbonyl (C=O) groups is 2. The zero-order valence-electron chi connectivity index (χ0n) is 20.9. The van der Waals surface area contributed by atoms with Gasteiger partial charge in [-0.15, -0.1) is 0 Å². The summed E-state index contributed by atoms with van der Waals surface area (Å²) in [4.78, 5) is 29.3. The van der Waals surface area contributed by atoms with Crippen molar-refractivity contribution in [1.29, 1.82) is 0 Å². The van der Waals surface area contributed by atoms with Gasteiger partial charge in [0.2, 0.25) is 5.76 Å². The highest BCUT2D eigenvalue weighted by molar-refractivity contribution is 5.94. The number of hydrogen-bond acceptors (Lipinski definition) is 5. The number of carbonyl (C=O) groups excluding carboxylic acids is 1. The van der Waals surface area contributed by atoms with Crippen LogP contribution in [0.15, 0.2) is 76.9 Å². The molecule has 39 heavy (non-hydrogen) atoms. The van der Waals surface area contributed by atoms with Crippen molar-refractivity contribution in [3.05, 3.63) is 101 Å². The van der Waals surface area contributed by atoms with Gasteiger partial charge in [-0.3, -0.25) is 4.79 Å². The highest BCUT2D eigenvalue weighted by atomic mass is 19.4. The molecule has 2 aromatic carbocycles. The van der Waals surface area contributed by atoms with Crippen LogP contribution in [-0.4, -0.2) is 35.1 Å². The number of halogens is 3. The summed E-state index contributed by atoms with van der Waals surface area (Å²) in [6.45, 7) is 0.926. The quantitative estimate of drug-likeness (QED) is 0.385. The molecule has 0 atom stereocenters. The molecule has 5 rings (SSSR count). The number of carboxylic acid groups (broad SMARTS) is 1. The zero-order chi connectivity index (χ0) is 27.6. The van der Waals surface area contributed by atoms with Crippen molar-refractivity contribution in [3.63, 3.8) is 0 Å². The van der Waals surface area contributed by atoms with Crippen LogP contribution in [0.25, 0.3) is 5.57 Å². The third-order valence-electron chi connectivity index (χ3n) is 7.05. The van der Waals surface area contributed by atoms with Crippen LogP contribution in [0.2, 0.25) is 0 Å². The third kappa shape index (κ3) is 5.89. The van der Waals surface area contributed by atoms with E-state index in [0.717, 1.165) is 24.0 Å². The first kappa shape index (κ1) is 26.3. The predicted molar refractivity (Wildman–Crippen MR) is 138 cm³/mol. The average molecular weight is 538 g/mol. The predicted octanol–water partition coefficient (Wildman–Crippen LogP) is 6.27. The topological polar surface area (TPSA) is 95.7 Å². The molecule has 202 valence electrons. The second-order valence-corrected chi connectivity index (χ2v) is 9.56. The van der Waals surface area contributed by atoms with Gasteiger partial charge in [0, 0.05) is 18.8 Å². The number of anilines is 1. The van der Waals surface area contributed by atoms with Crippen molar-refractivity contribution in [1.82, 2.24) is 10.3 Å². The highest BCUT2D eigenvalue weighted by Gasteiger charge is 2.42. The number of amides is 1. The van der Waals surface area contributed by atoms with Gasteiger partial charge in [-0.1, -0.05) is 48.5 Å². The van der Waals surface area contributed by atoms with Gasteiger partial charge < -0.3 is 19.7 Å². The molecule has 0 unspecified atom stereocenters. The molecule has 0 spiro atoms. The SMILES string of the molecule is O=C(O)c1ccc(C2=CC=C(NC(=O)c3oc(N4CCC(c5ccccc5)CC4)nc3C(F)(F)F)CC2)cc1. The smallest absolute Gasteiger partial charge is 0.437 e. The van der Waals surface area contributed by atoms with Crippen LogP contribution in [0, 0.1) is 0 Å². The lowest BCUT2D eigenvalue weighted by Crippen LogP contribution is -2.33. The van der Waals surface area contributed by atoms with E-state index in [4.69, 9.17) is 9.52 Å². The molecule has 0 saturated carbocycles. The number of rotatable bonds is 6. The minimum atomic E-state index is -4.85. The van der Waals surface area contributed by atoms with Crippen LogP contribution in [-0.2, 0) is 6.18 Å². The fourth-order valence-corrected chi connectivity index (χ4v) is 4.93. The molecule has 1 amide bonds. The van der Waals surface area contributed by atoms with Crippen LogP contribution >= 0.6 is 0 Å². The number of nitrogens with one attached hydrogen (secondary N) is 1. The van der Waals surface area contributed by atoms with Gasteiger partial charge in [0.15, 0.2) is 5.69 Å². The van der Waals surface area contributed by atoms with Crippen molar-refractivity contribution in [2.45, 2.75) is 37.8 Å². The molecule has 1 fully saturated rings. The lowest BCUT2D eigenvalue weighted by molar-refractivity contribution is -0.141. The van der Waals surface area contributed by atoms with Crippen molar-refractivity contribution < 1.29 is 32.3 Å². The molecule has 1 saturated heterocycles. The van der Waals surface area contributed by atoms with E-state index in [9.17, 15) is 22.8 Å². The summed E-state index contributed by atoms with van der Waals surface area (Å²) < 4.78 is 46.8. The fraction of sp³-hybridized carbons (Fsp3) is 0.276. The maximum absolute atomic E-state index is 13.8. The van der Waals surface area contributed by atoms with E-state index >= 15 is 0 Å². The number of carboxylic acids is 1. The Bertz CT molecular complexity index is 1420. The summed E-state index contributed by atoms with van der Waals surface area (Å²) in [5, 5.41) is 11.6. The Morgan fingerprint density at radius 2 is 1.67 bits per heavy atom.